The van der Waals surface area contributed by atoms with Crippen molar-refractivity contribution in [3.05, 3.63) is 69.7 Å². The topological polar surface area (TPSA) is 78.5 Å². The summed E-state index contributed by atoms with van der Waals surface area (Å²) in [6.45, 7) is 1.40. The van der Waals surface area contributed by atoms with Crippen molar-refractivity contribution in [3.8, 4) is 0 Å². The predicted octanol–water partition coefficient (Wildman–Crippen LogP) is 3.08. The number of nitrogens with one attached hydrogen (secondary N) is 2. The van der Waals surface area contributed by atoms with E-state index in [4.69, 9.17) is 23.2 Å². The number of imide groups is 1. The summed E-state index contributed by atoms with van der Waals surface area (Å²) < 4.78 is 0. The van der Waals surface area contributed by atoms with Gasteiger partial charge in [-0.25, -0.2) is 4.79 Å². The van der Waals surface area contributed by atoms with Crippen molar-refractivity contribution in [3.63, 3.8) is 0 Å². The molecule has 1 fully saturated rings. The first kappa shape index (κ1) is 19.2. The lowest BCUT2D eigenvalue weighted by atomic mass is 9.92. The Bertz CT molecular complexity index is 904. The van der Waals surface area contributed by atoms with Gasteiger partial charge in [-0.1, -0.05) is 59.6 Å². The van der Waals surface area contributed by atoms with Crippen LogP contribution in [0.1, 0.15) is 18.1 Å². The number of benzene rings is 2. The molecule has 1 aliphatic heterocycles. The molecule has 0 aromatic heterocycles. The number of amides is 4. The second-order valence-corrected chi connectivity index (χ2v) is 7.17. The van der Waals surface area contributed by atoms with E-state index in [-0.39, 0.29) is 13.1 Å². The molecule has 1 atom stereocenters. The largest absolute Gasteiger partial charge is 0.350 e. The van der Waals surface area contributed by atoms with E-state index in [1.54, 1.807) is 49.4 Å². The number of carbonyl (C=O) groups is 3. The highest BCUT2D eigenvalue weighted by atomic mass is 35.5. The average molecular weight is 406 g/mol. The molecular formula is C19H17Cl2N3O3. The summed E-state index contributed by atoms with van der Waals surface area (Å²) >= 11 is 11.9. The van der Waals surface area contributed by atoms with Crippen LogP contribution in [-0.2, 0) is 21.7 Å². The average Bonchev–Trinajstić information content (AvgIpc) is 2.86. The molecule has 4 amide bonds. The molecular weight excluding hydrogens is 389 g/mol. The SMILES string of the molecule is CC1(c2ccccc2)NC(=O)N(CC(=O)NCc2ccc(Cl)cc2Cl)C1=O. The van der Waals surface area contributed by atoms with Gasteiger partial charge in [0.1, 0.15) is 12.1 Å². The van der Waals surface area contributed by atoms with Crippen molar-refractivity contribution >= 4 is 41.0 Å². The lowest BCUT2D eigenvalue weighted by molar-refractivity contribution is -0.134. The van der Waals surface area contributed by atoms with Gasteiger partial charge in [0.2, 0.25) is 5.91 Å². The fraction of sp³-hybridized carbons (Fsp3) is 0.211. The predicted molar refractivity (Wildman–Crippen MR) is 102 cm³/mol. The van der Waals surface area contributed by atoms with Gasteiger partial charge in [-0.3, -0.25) is 14.5 Å². The standard InChI is InChI=1S/C19H17Cl2N3O3/c1-19(13-5-3-2-4-6-13)17(26)24(18(27)23-19)11-16(25)22-10-12-7-8-14(20)9-15(12)21/h2-9H,10-11H2,1H3,(H,22,25)(H,23,27). The Morgan fingerprint density at radius 2 is 1.85 bits per heavy atom. The third-order valence-corrected chi connectivity index (χ3v) is 5.01. The zero-order valence-corrected chi connectivity index (χ0v) is 16.0. The first-order valence-electron chi connectivity index (χ1n) is 8.21. The molecule has 2 aromatic rings. The Hall–Kier alpha value is -2.57. The van der Waals surface area contributed by atoms with Crippen molar-refractivity contribution < 1.29 is 14.4 Å². The minimum absolute atomic E-state index is 0.161. The van der Waals surface area contributed by atoms with E-state index < -0.39 is 23.4 Å². The quantitative estimate of drug-likeness (QED) is 0.750. The van der Waals surface area contributed by atoms with Crippen LogP contribution in [0.2, 0.25) is 10.0 Å². The highest BCUT2D eigenvalue weighted by Crippen LogP contribution is 2.28. The van der Waals surface area contributed by atoms with Crippen LogP contribution in [0.25, 0.3) is 0 Å². The summed E-state index contributed by atoms with van der Waals surface area (Å²) in [4.78, 5) is 38.2. The fourth-order valence-electron chi connectivity index (χ4n) is 2.87. The summed E-state index contributed by atoms with van der Waals surface area (Å²) in [7, 11) is 0. The maximum Gasteiger partial charge on any atom is 0.325 e. The summed E-state index contributed by atoms with van der Waals surface area (Å²) in [6, 6.07) is 13.2. The van der Waals surface area contributed by atoms with Crippen LogP contribution in [0.4, 0.5) is 4.79 Å². The van der Waals surface area contributed by atoms with Crippen LogP contribution in [0, 0.1) is 0 Å². The molecule has 1 heterocycles. The van der Waals surface area contributed by atoms with Gasteiger partial charge in [-0.05, 0) is 30.2 Å². The fourth-order valence-corrected chi connectivity index (χ4v) is 3.34. The van der Waals surface area contributed by atoms with Crippen molar-refractivity contribution in [2.24, 2.45) is 0 Å². The van der Waals surface area contributed by atoms with E-state index in [0.29, 0.717) is 21.2 Å². The molecule has 0 bridgehead atoms. The Morgan fingerprint density at radius 3 is 2.52 bits per heavy atom. The normalized spacial score (nSPS) is 19.1. The lowest BCUT2D eigenvalue weighted by Gasteiger charge is -2.22. The van der Waals surface area contributed by atoms with Gasteiger partial charge in [0.25, 0.3) is 5.91 Å². The molecule has 8 heteroatoms. The highest BCUT2D eigenvalue weighted by Gasteiger charge is 2.49. The summed E-state index contributed by atoms with van der Waals surface area (Å²) in [5.74, 6) is -0.944. The monoisotopic (exact) mass is 405 g/mol. The van der Waals surface area contributed by atoms with Crippen LogP contribution in [0.5, 0.6) is 0 Å². The van der Waals surface area contributed by atoms with E-state index in [1.807, 2.05) is 6.07 Å². The summed E-state index contributed by atoms with van der Waals surface area (Å²) in [6.07, 6.45) is 0. The van der Waals surface area contributed by atoms with E-state index in [9.17, 15) is 14.4 Å². The molecule has 3 rings (SSSR count). The number of nitrogens with zero attached hydrogens (tertiary/aromatic N) is 1. The van der Waals surface area contributed by atoms with Gasteiger partial charge in [-0.15, -0.1) is 0 Å². The van der Waals surface area contributed by atoms with Gasteiger partial charge in [0, 0.05) is 16.6 Å². The van der Waals surface area contributed by atoms with Crippen molar-refractivity contribution in [2.45, 2.75) is 19.0 Å². The maximum absolute atomic E-state index is 12.8. The van der Waals surface area contributed by atoms with E-state index in [0.717, 1.165) is 4.90 Å². The molecule has 1 aliphatic rings. The molecule has 0 radical (unpaired) electrons. The number of hydrogen-bond donors (Lipinski definition) is 2. The maximum atomic E-state index is 12.8. The molecule has 1 saturated heterocycles. The summed E-state index contributed by atoms with van der Waals surface area (Å²) in [5.41, 5.74) is 0.137. The van der Waals surface area contributed by atoms with Crippen LogP contribution < -0.4 is 10.6 Å². The molecule has 0 aliphatic carbocycles. The molecule has 27 heavy (non-hydrogen) atoms. The highest BCUT2D eigenvalue weighted by molar-refractivity contribution is 6.35. The number of urea groups is 1. The molecule has 6 nitrogen and oxygen atoms in total. The van der Waals surface area contributed by atoms with Crippen LogP contribution >= 0.6 is 23.2 Å². The zero-order chi connectivity index (χ0) is 19.6. The second-order valence-electron chi connectivity index (χ2n) is 6.32. The molecule has 2 aromatic carbocycles. The Kier molecular flexibility index (Phi) is 5.39. The van der Waals surface area contributed by atoms with Crippen LogP contribution in [0.15, 0.2) is 48.5 Å². The van der Waals surface area contributed by atoms with E-state index in [1.165, 1.54) is 0 Å². The first-order valence-corrected chi connectivity index (χ1v) is 8.97. The van der Waals surface area contributed by atoms with Gasteiger partial charge in [0.05, 0.1) is 0 Å². The molecule has 140 valence electrons. The van der Waals surface area contributed by atoms with Gasteiger partial charge in [0.15, 0.2) is 0 Å². The van der Waals surface area contributed by atoms with Crippen LogP contribution in [0.3, 0.4) is 0 Å². The number of carbonyl (C=O) groups excluding carboxylic acids is 3. The Labute approximate surface area is 166 Å². The first-order chi connectivity index (χ1) is 12.8. The molecule has 2 N–H and O–H groups in total. The Morgan fingerprint density at radius 1 is 1.15 bits per heavy atom. The number of hydrogen-bond acceptors (Lipinski definition) is 3. The molecule has 0 spiro atoms. The number of rotatable bonds is 5. The van der Waals surface area contributed by atoms with Crippen molar-refractivity contribution in [1.29, 1.82) is 0 Å². The Balaban J connectivity index is 1.66. The summed E-state index contributed by atoms with van der Waals surface area (Å²) in [5, 5.41) is 6.24. The van der Waals surface area contributed by atoms with Gasteiger partial charge < -0.3 is 10.6 Å². The van der Waals surface area contributed by atoms with E-state index in [2.05, 4.69) is 10.6 Å². The van der Waals surface area contributed by atoms with E-state index >= 15 is 0 Å². The van der Waals surface area contributed by atoms with Crippen molar-refractivity contribution in [1.82, 2.24) is 15.5 Å². The van der Waals surface area contributed by atoms with Gasteiger partial charge >= 0.3 is 6.03 Å². The minimum atomic E-state index is -1.20. The zero-order valence-electron chi connectivity index (χ0n) is 14.5. The van der Waals surface area contributed by atoms with Gasteiger partial charge in [-0.2, -0.15) is 0 Å². The third-order valence-electron chi connectivity index (χ3n) is 4.42. The second kappa shape index (κ2) is 7.58. The van der Waals surface area contributed by atoms with Crippen LogP contribution in [-0.4, -0.2) is 29.3 Å². The number of halogens is 2. The smallest absolute Gasteiger partial charge is 0.325 e. The molecule has 1 unspecified atom stereocenters. The van der Waals surface area contributed by atoms with Crippen molar-refractivity contribution in [2.75, 3.05) is 6.54 Å². The lowest BCUT2D eigenvalue weighted by Crippen LogP contribution is -2.43. The molecule has 0 saturated carbocycles. The minimum Gasteiger partial charge on any atom is -0.350 e. The third kappa shape index (κ3) is 3.91.